The van der Waals surface area contributed by atoms with Gasteiger partial charge in [0.05, 0.1) is 11.9 Å². The van der Waals surface area contributed by atoms with Crippen LogP contribution in [0.5, 0.6) is 0 Å². The molecule has 5 nitrogen and oxygen atoms in total. The lowest BCUT2D eigenvalue weighted by Crippen LogP contribution is -2.25. The van der Waals surface area contributed by atoms with Gasteiger partial charge < -0.3 is 5.32 Å². The van der Waals surface area contributed by atoms with E-state index in [9.17, 15) is 8.78 Å². The van der Waals surface area contributed by atoms with Crippen molar-refractivity contribution in [3.63, 3.8) is 0 Å². The number of benzene rings is 1. The topological polar surface area (TPSA) is 58.5 Å². The highest BCUT2D eigenvalue weighted by molar-refractivity contribution is 5.88. The Morgan fingerprint density at radius 3 is 2.52 bits per heavy atom. The van der Waals surface area contributed by atoms with Gasteiger partial charge in [-0.15, -0.1) is 0 Å². The predicted octanol–water partition coefficient (Wildman–Crippen LogP) is 4.50. The van der Waals surface area contributed by atoms with Crippen LogP contribution in [0.1, 0.15) is 42.1 Å². The molecule has 0 atom stereocenters. The predicted molar refractivity (Wildman–Crippen MR) is 111 cm³/mol. The maximum Gasteiger partial charge on any atom is 0.133 e. The van der Waals surface area contributed by atoms with Gasteiger partial charge in [0.15, 0.2) is 0 Å². The Morgan fingerprint density at radius 1 is 1.31 bits per heavy atom. The SMILES string of the molecule is C=Cc1[nH]nc(-c2cnn(C)c2)c1/C=C(\C)c1c(F)cc(C2(NC)CC2)cc1F. The van der Waals surface area contributed by atoms with Crippen LogP contribution in [0.2, 0.25) is 0 Å². The van der Waals surface area contributed by atoms with E-state index < -0.39 is 11.6 Å². The molecule has 1 saturated carbocycles. The lowest BCUT2D eigenvalue weighted by Gasteiger charge is -2.17. The van der Waals surface area contributed by atoms with Crippen molar-refractivity contribution in [2.45, 2.75) is 25.3 Å². The van der Waals surface area contributed by atoms with Crippen molar-refractivity contribution in [1.29, 1.82) is 0 Å². The molecule has 1 aliphatic carbocycles. The number of aromatic amines is 1. The van der Waals surface area contributed by atoms with Crippen molar-refractivity contribution in [2.75, 3.05) is 7.05 Å². The van der Waals surface area contributed by atoms with Gasteiger partial charge in [-0.05, 0) is 62.2 Å². The van der Waals surface area contributed by atoms with Gasteiger partial charge in [0.1, 0.15) is 17.3 Å². The van der Waals surface area contributed by atoms with Crippen LogP contribution in [-0.2, 0) is 12.6 Å². The van der Waals surface area contributed by atoms with E-state index in [-0.39, 0.29) is 11.1 Å². The standard InChI is InChI=1S/C22H23F2N5/c1-5-19-16(21(28-27-19)14-11-26-29(4)12-14)8-13(2)20-17(23)9-15(10-18(20)24)22(25-3)6-7-22/h5,8-12,25H,1,6-7H2,2-4H3,(H,27,28)/b13-8+. The third-order valence-corrected chi connectivity index (χ3v) is 5.59. The van der Waals surface area contributed by atoms with Crippen LogP contribution in [0.4, 0.5) is 8.78 Å². The minimum atomic E-state index is -0.568. The molecule has 1 aromatic carbocycles. The van der Waals surface area contributed by atoms with Crippen molar-refractivity contribution in [3.05, 3.63) is 65.1 Å². The van der Waals surface area contributed by atoms with Crippen LogP contribution >= 0.6 is 0 Å². The number of hydrogen-bond acceptors (Lipinski definition) is 3. The number of allylic oxidation sites excluding steroid dienone is 1. The van der Waals surface area contributed by atoms with Crippen LogP contribution < -0.4 is 5.32 Å². The number of halogens is 2. The Bertz CT molecular complexity index is 1100. The molecule has 150 valence electrons. The fourth-order valence-corrected chi connectivity index (χ4v) is 3.75. The Kier molecular flexibility index (Phi) is 4.70. The van der Waals surface area contributed by atoms with Crippen LogP contribution in [-0.4, -0.2) is 27.0 Å². The van der Waals surface area contributed by atoms with E-state index in [0.29, 0.717) is 28.1 Å². The molecule has 0 radical (unpaired) electrons. The quantitative estimate of drug-likeness (QED) is 0.646. The molecule has 0 aliphatic heterocycles. The van der Waals surface area contributed by atoms with E-state index in [0.717, 1.165) is 18.4 Å². The van der Waals surface area contributed by atoms with E-state index in [1.807, 2.05) is 20.3 Å². The van der Waals surface area contributed by atoms with E-state index in [1.54, 1.807) is 30.0 Å². The first-order valence-electron chi connectivity index (χ1n) is 9.45. The second kappa shape index (κ2) is 7.08. The van der Waals surface area contributed by atoms with Gasteiger partial charge in [-0.25, -0.2) is 8.78 Å². The zero-order valence-corrected chi connectivity index (χ0v) is 16.7. The number of rotatable bonds is 6. The Morgan fingerprint density at radius 2 is 2.00 bits per heavy atom. The molecule has 0 bridgehead atoms. The molecule has 1 fully saturated rings. The van der Waals surface area contributed by atoms with Crippen molar-refractivity contribution in [3.8, 4) is 11.3 Å². The summed E-state index contributed by atoms with van der Waals surface area (Å²) in [6, 6.07) is 2.87. The van der Waals surface area contributed by atoms with E-state index in [2.05, 4.69) is 27.2 Å². The van der Waals surface area contributed by atoms with Crippen molar-refractivity contribution in [1.82, 2.24) is 25.3 Å². The third kappa shape index (κ3) is 3.31. The van der Waals surface area contributed by atoms with Crippen LogP contribution in [0.3, 0.4) is 0 Å². The molecule has 2 N–H and O–H groups in total. The molecule has 3 aromatic rings. The third-order valence-electron chi connectivity index (χ3n) is 5.59. The van der Waals surface area contributed by atoms with Gasteiger partial charge in [-0.3, -0.25) is 9.78 Å². The fraction of sp³-hybridized carbons (Fsp3) is 0.273. The zero-order valence-electron chi connectivity index (χ0n) is 16.7. The second-order valence-corrected chi connectivity index (χ2v) is 7.48. The first-order chi connectivity index (χ1) is 13.9. The normalized spacial score (nSPS) is 15.6. The molecule has 0 spiro atoms. The summed E-state index contributed by atoms with van der Waals surface area (Å²) in [6.45, 7) is 5.49. The Labute approximate surface area is 168 Å². The summed E-state index contributed by atoms with van der Waals surface area (Å²) in [5.41, 5.74) is 3.62. The molecular weight excluding hydrogens is 372 g/mol. The summed E-state index contributed by atoms with van der Waals surface area (Å²) in [7, 11) is 3.63. The average Bonchev–Trinajstić information content (AvgIpc) is 3.22. The van der Waals surface area contributed by atoms with Crippen molar-refractivity contribution in [2.24, 2.45) is 7.05 Å². The van der Waals surface area contributed by atoms with Gasteiger partial charge in [0.2, 0.25) is 0 Å². The maximum atomic E-state index is 14.9. The van der Waals surface area contributed by atoms with Gasteiger partial charge in [-0.1, -0.05) is 6.58 Å². The summed E-state index contributed by atoms with van der Waals surface area (Å²) in [5.74, 6) is -1.14. The molecule has 29 heavy (non-hydrogen) atoms. The zero-order chi connectivity index (χ0) is 20.8. The first kappa shape index (κ1) is 19.3. The highest BCUT2D eigenvalue weighted by atomic mass is 19.1. The van der Waals surface area contributed by atoms with Gasteiger partial charge in [0.25, 0.3) is 0 Å². The minimum Gasteiger partial charge on any atom is -0.310 e. The molecule has 7 heteroatoms. The Balaban J connectivity index is 1.79. The lowest BCUT2D eigenvalue weighted by atomic mass is 9.96. The highest BCUT2D eigenvalue weighted by Crippen LogP contribution is 2.46. The largest absolute Gasteiger partial charge is 0.310 e. The van der Waals surface area contributed by atoms with Gasteiger partial charge in [0, 0.05) is 35.5 Å². The second-order valence-electron chi connectivity index (χ2n) is 7.48. The highest BCUT2D eigenvalue weighted by Gasteiger charge is 2.43. The summed E-state index contributed by atoms with van der Waals surface area (Å²) in [5, 5.41) is 14.6. The monoisotopic (exact) mass is 395 g/mol. The Hall–Kier alpha value is -3.06. The first-order valence-corrected chi connectivity index (χ1v) is 9.45. The van der Waals surface area contributed by atoms with E-state index in [1.165, 1.54) is 12.1 Å². The summed E-state index contributed by atoms with van der Waals surface area (Å²) < 4.78 is 31.5. The molecule has 0 saturated heterocycles. The summed E-state index contributed by atoms with van der Waals surface area (Å²) in [6.07, 6.45) is 8.64. The molecule has 4 rings (SSSR count). The molecule has 0 amide bonds. The van der Waals surface area contributed by atoms with Crippen molar-refractivity contribution >= 4 is 17.7 Å². The molecular formula is C22H23F2N5. The molecule has 2 heterocycles. The minimum absolute atomic E-state index is 0.0333. The van der Waals surface area contributed by atoms with E-state index >= 15 is 0 Å². The van der Waals surface area contributed by atoms with Crippen LogP contribution in [0.15, 0.2) is 31.1 Å². The van der Waals surface area contributed by atoms with Gasteiger partial charge >= 0.3 is 0 Å². The van der Waals surface area contributed by atoms with E-state index in [4.69, 9.17) is 0 Å². The maximum absolute atomic E-state index is 14.9. The smallest absolute Gasteiger partial charge is 0.133 e. The molecule has 2 aromatic heterocycles. The summed E-state index contributed by atoms with van der Waals surface area (Å²) in [4.78, 5) is 0. The number of aromatic nitrogens is 4. The number of nitrogens with one attached hydrogen (secondary N) is 2. The number of hydrogen-bond donors (Lipinski definition) is 2. The van der Waals surface area contributed by atoms with Crippen LogP contribution in [0, 0.1) is 11.6 Å². The van der Waals surface area contributed by atoms with Crippen LogP contribution in [0.25, 0.3) is 29.0 Å². The molecule has 0 unspecified atom stereocenters. The van der Waals surface area contributed by atoms with Gasteiger partial charge in [-0.2, -0.15) is 10.2 Å². The van der Waals surface area contributed by atoms with Crippen molar-refractivity contribution < 1.29 is 8.78 Å². The average molecular weight is 395 g/mol. The molecule has 1 aliphatic rings. The summed E-state index contributed by atoms with van der Waals surface area (Å²) >= 11 is 0. The number of H-pyrrole nitrogens is 1. The number of nitrogens with zero attached hydrogens (tertiary/aromatic N) is 3. The number of aryl methyl sites for hydroxylation is 1. The fourth-order valence-electron chi connectivity index (χ4n) is 3.75. The lowest BCUT2D eigenvalue weighted by molar-refractivity contribution is 0.542.